The standard InChI is InChI=1S/C25H23ClFN5O3S/c1-17-20(26)14-18(27)15-24(17)36(34,35)32-13-7-12-23(32)25(33)30(19-8-3-2-4-9-19)16-31-22-11-6-5-10-21(22)28-29-31/h2-6,8-11,14-15,23H,7,12-13,16H2,1H3. The van der Waals surface area contributed by atoms with Crippen molar-refractivity contribution in [3.63, 3.8) is 0 Å². The average Bonchev–Trinajstić information content (AvgIpc) is 3.53. The van der Waals surface area contributed by atoms with Gasteiger partial charge in [0.05, 0.1) is 10.4 Å². The molecule has 1 saturated heterocycles. The molecule has 0 spiro atoms. The Kier molecular flexibility index (Phi) is 6.50. The van der Waals surface area contributed by atoms with Gasteiger partial charge in [-0.05, 0) is 61.7 Å². The second kappa shape index (κ2) is 9.61. The van der Waals surface area contributed by atoms with E-state index in [4.69, 9.17) is 11.6 Å². The summed E-state index contributed by atoms with van der Waals surface area (Å²) in [4.78, 5) is 15.2. The molecule has 0 saturated carbocycles. The first-order chi connectivity index (χ1) is 17.3. The van der Waals surface area contributed by atoms with Crippen LogP contribution in [-0.2, 0) is 21.5 Å². The first-order valence-electron chi connectivity index (χ1n) is 11.4. The molecule has 1 aliphatic rings. The lowest BCUT2D eigenvalue weighted by Gasteiger charge is -2.30. The zero-order valence-corrected chi connectivity index (χ0v) is 21.0. The number of fused-ring (bicyclic) bond motifs is 1. The number of hydrogen-bond acceptors (Lipinski definition) is 5. The van der Waals surface area contributed by atoms with Gasteiger partial charge in [-0.1, -0.05) is 47.1 Å². The fraction of sp³-hybridized carbons (Fsp3) is 0.240. The number of sulfonamides is 1. The van der Waals surface area contributed by atoms with Gasteiger partial charge in [-0.2, -0.15) is 4.31 Å². The molecule has 5 rings (SSSR count). The molecule has 0 N–H and O–H groups in total. The molecule has 11 heteroatoms. The third kappa shape index (κ3) is 4.36. The Bertz CT molecular complexity index is 1540. The molecule has 1 fully saturated rings. The van der Waals surface area contributed by atoms with E-state index in [9.17, 15) is 17.6 Å². The van der Waals surface area contributed by atoms with Crippen molar-refractivity contribution in [2.75, 3.05) is 11.4 Å². The van der Waals surface area contributed by atoms with Gasteiger partial charge in [0.2, 0.25) is 15.9 Å². The van der Waals surface area contributed by atoms with Crippen molar-refractivity contribution in [2.45, 2.75) is 37.4 Å². The Labute approximate surface area is 212 Å². The summed E-state index contributed by atoms with van der Waals surface area (Å²) >= 11 is 6.07. The highest BCUT2D eigenvalue weighted by atomic mass is 35.5. The minimum absolute atomic E-state index is 0.0135. The molecule has 1 atom stereocenters. The van der Waals surface area contributed by atoms with Crippen molar-refractivity contribution in [3.8, 4) is 0 Å². The summed E-state index contributed by atoms with van der Waals surface area (Å²) in [6.45, 7) is 1.70. The van der Waals surface area contributed by atoms with Crippen LogP contribution in [0.25, 0.3) is 11.0 Å². The summed E-state index contributed by atoms with van der Waals surface area (Å²) < 4.78 is 44.1. The zero-order valence-electron chi connectivity index (χ0n) is 19.4. The van der Waals surface area contributed by atoms with Gasteiger partial charge in [-0.15, -0.1) is 5.10 Å². The highest BCUT2D eigenvalue weighted by Gasteiger charge is 2.42. The molecular formula is C25H23ClFN5O3S. The molecule has 0 radical (unpaired) electrons. The predicted octanol–water partition coefficient (Wildman–Crippen LogP) is 4.38. The SMILES string of the molecule is Cc1c(Cl)cc(F)cc1S(=O)(=O)N1CCCC1C(=O)N(Cn1nnc2ccccc21)c1ccccc1. The van der Waals surface area contributed by atoms with Gasteiger partial charge in [-0.25, -0.2) is 17.5 Å². The van der Waals surface area contributed by atoms with Crippen LogP contribution in [0.1, 0.15) is 18.4 Å². The molecule has 1 aromatic heterocycles. The van der Waals surface area contributed by atoms with E-state index < -0.39 is 27.8 Å². The van der Waals surface area contributed by atoms with E-state index in [1.807, 2.05) is 30.3 Å². The average molecular weight is 528 g/mol. The Balaban J connectivity index is 1.53. The fourth-order valence-corrected chi connectivity index (χ4v) is 6.69. The maximum Gasteiger partial charge on any atom is 0.246 e. The van der Waals surface area contributed by atoms with E-state index >= 15 is 0 Å². The molecule has 186 valence electrons. The van der Waals surface area contributed by atoms with Crippen molar-refractivity contribution < 1.29 is 17.6 Å². The largest absolute Gasteiger partial charge is 0.291 e. The highest BCUT2D eigenvalue weighted by Crippen LogP contribution is 2.33. The molecular weight excluding hydrogens is 505 g/mol. The Morgan fingerprint density at radius 1 is 1.14 bits per heavy atom. The number of rotatable bonds is 6. The third-order valence-electron chi connectivity index (χ3n) is 6.37. The van der Waals surface area contributed by atoms with Crippen LogP contribution in [0.5, 0.6) is 0 Å². The maximum atomic E-state index is 14.1. The van der Waals surface area contributed by atoms with E-state index in [2.05, 4.69) is 10.3 Å². The summed E-state index contributed by atoms with van der Waals surface area (Å²) in [5, 5.41) is 8.38. The second-order valence-corrected chi connectivity index (χ2v) is 10.9. The van der Waals surface area contributed by atoms with Crippen molar-refractivity contribution in [2.24, 2.45) is 0 Å². The number of aromatic nitrogens is 3. The topological polar surface area (TPSA) is 88.4 Å². The number of carbonyl (C=O) groups is 1. The zero-order chi connectivity index (χ0) is 25.4. The molecule has 4 aromatic rings. The molecule has 1 aliphatic heterocycles. The minimum Gasteiger partial charge on any atom is -0.291 e. The predicted molar refractivity (Wildman–Crippen MR) is 135 cm³/mol. The van der Waals surface area contributed by atoms with Crippen LogP contribution >= 0.6 is 11.6 Å². The lowest BCUT2D eigenvalue weighted by Crippen LogP contribution is -2.48. The van der Waals surface area contributed by atoms with E-state index in [1.54, 1.807) is 28.9 Å². The molecule has 36 heavy (non-hydrogen) atoms. The van der Waals surface area contributed by atoms with E-state index in [-0.39, 0.29) is 28.7 Å². The van der Waals surface area contributed by atoms with Crippen LogP contribution in [0.2, 0.25) is 5.02 Å². The Morgan fingerprint density at radius 3 is 2.64 bits per heavy atom. The van der Waals surface area contributed by atoms with E-state index in [1.165, 1.54) is 11.8 Å². The summed E-state index contributed by atoms with van der Waals surface area (Å²) in [5.41, 5.74) is 2.26. The summed E-state index contributed by atoms with van der Waals surface area (Å²) in [6.07, 6.45) is 0.828. The molecule has 0 bridgehead atoms. The number of amides is 1. The van der Waals surface area contributed by atoms with Crippen molar-refractivity contribution >= 4 is 44.3 Å². The Morgan fingerprint density at radius 2 is 1.86 bits per heavy atom. The molecule has 3 aromatic carbocycles. The van der Waals surface area contributed by atoms with Crippen molar-refractivity contribution in [3.05, 3.63) is 83.1 Å². The van der Waals surface area contributed by atoms with Crippen LogP contribution in [0, 0.1) is 12.7 Å². The maximum absolute atomic E-state index is 14.1. The van der Waals surface area contributed by atoms with Gasteiger partial charge in [0.25, 0.3) is 0 Å². The van der Waals surface area contributed by atoms with Crippen LogP contribution in [0.15, 0.2) is 71.6 Å². The van der Waals surface area contributed by atoms with Crippen LogP contribution in [-0.4, -0.2) is 46.2 Å². The number of anilines is 1. The van der Waals surface area contributed by atoms with Gasteiger partial charge in [-0.3, -0.25) is 9.69 Å². The van der Waals surface area contributed by atoms with Gasteiger partial charge in [0, 0.05) is 17.3 Å². The summed E-state index contributed by atoms with van der Waals surface area (Å²) in [6, 6.07) is 17.4. The lowest BCUT2D eigenvalue weighted by atomic mass is 10.2. The summed E-state index contributed by atoms with van der Waals surface area (Å²) in [5.74, 6) is -1.16. The van der Waals surface area contributed by atoms with Crippen molar-refractivity contribution in [1.82, 2.24) is 19.3 Å². The number of carbonyl (C=O) groups excluding carboxylic acids is 1. The second-order valence-electron chi connectivity index (χ2n) is 8.61. The number of hydrogen-bond donors (Lipinski definition) is 0. The fourth-order valence-electron chi connectivity index (χ4n) is 4.51. The molecule has 8 nitrogen and oxygen atoms in total. The monoisotopic (exact) mass is 527 g/mol. The van der Waals surface area contributed by atoms with Crippen LogP contribution < -0.4 is 4.90 Å². The van der Waals surface area contributed by atoms with Gasteiger partial charge < -0.3 is 0 Å². The highest BCUT2D eigenvalue weighted by molar-refractivity contribution is 7.89. The number of para-hydroxylation sites is 2. The van der Waals surface area contributed by atoms with Gasteiger partial charge in [0.15, 0.2) is 0 Å². The van der Waals surface area contributed by atoms with Crippen LogP contribution in [0.4, 0.5) is 10.1 Å². The smallest absolute Gasteiger partial charge is 0.246 e. The number of benzene rings is 3. The Hall–Kier alpha value is -3.34. The summed E-state index contributed by atoms with van der Waals surface area (Å²) in [7, 11) is -4.19. The minimum atomic E-state index is -4.19. The third-order valence-corrected chi connectivity index (χ3v) is 8.79. The normalized spacial score (nSPS) is 16.5. The van der Waals surface area contributed by atoms with Crippen molar-refractivity contribution in [1.29, 1.82) is 0 Å². The van der Waals surface area contributed by atoms with E-state index in [0.29, 0.717) is 24.0 Å². The quantitative estimate of drug-likeness (QED) is 0.371. The molecule has 1 unspecified atom stereocenters. The lowest BCUT2D eigenvalue weighted by molar-refractivity contribution is -0.122. The molecule has 1 amide bonds. The van der Waals surface area contributed by atoms with Gasteiger partial charge >= 0.3 is 0 Å². The first kappa shape index (κ1) is 24.4. The van der Waals surface area contributed by atoms with Gasteiger partial charge in [0.1, 0.15) is 24.0 Å². The number of halogens is 2. The first-order valence-corrected chi connectivity index (χ1v) is 13.2. The molecule has 2 heterocycles. The molecule has 0 aliphatic carbocycles. The number of nitrogens with zero attached hydrogens (tertiary/aromatic N) is 5. The van der Waals surface area contributed by atoms with Crippen LogP contribution in [0.3, 0.4) is 0 Å². The van der Waals surface area contributed by atoms with E-state index in [0.717, 1.165) is 22.0 Å².